The van der Waals surface area contributed by atoms with Crippen LogP contribution in [-0.2, 0) is 7.05 Å². The maximum absolute atomic E-state index is 12.9. The number of nitrogens with one attached hydrogen (secondary N) is 1. The van der Waals surface area contributed by atoms with Crippen molar-refractivity contribution in [3.8, 4) is 17.1 Å². The molecule has 1 aliphatic carbocycles. The highest BCUT2D eigenvalue weighted by atomic mass is 16.5. The first kappa shape index (κ1) is 20.1. The van der Waals surface area contributed by atoms with Crippen LogP contribution >= 0.6 is 0 Å². The Balaban J connectivity index is 1.57. The summed E-state index contributed by atoms with van der Waals surface area (Å²) in [6.07, 6.45) is 4.73. The number of H-pyrrole nitrogens is 1. The Morgan fingerprint density at radius 2 is 1.97 bits per heavy atom. The molecule has 0 amide bonds. The number of rotatable bonds is 4. The molecular weight excluding hydrogens is 394 g/mol. The van der Waals surface area contributed by atoms with Gasteiger partial charge >= 0.3 is 0 Å². The van der Waals surface area contributed by atoms with E-state index < -0.39 is 5.60 Å². The van der Waals surface area contributed by atoms with E-state index in [4.69, 9.17) is 4.74 Å². The molecule has 8 heteroatoms. The molecule has 164 valence electrons. The molecule has 2 aliphatic rings. The van der Waals surface area contributed by atoms with Gasteiger partial charge in [-0.2, -0.15) is 10.2 Å². The number of ether oxygens (including phenoxy) is 1. The number of hydrogen-bond donors (Lipinski definition) is 2. The quantitative estimate of drug-likeness (QED) is 0.670. The van der Waals surface area contributed by atoms with Gasteiger partial charge in [0.25, 0.3) is 5.56 Å². The van der Waals surface area contributed by atoms with E-state index in [9.17, 15) is 9.90 Å². The second-order valence-electron chi connectivity index (χ2n) is 9.55. The Hall–Kier alpha value is -2.87. The third-order valence-corrected chi connectivity index (χ3v) is 6.41. The average Bonchev–Trinajstić information content (AvgIpc) is 3.34. The molecule has 1 saturated heterocycles. The predicted molar refractivity (Wildman–Crippen MR) is 120 cm³/mol. The Morgan fingerprint density at radius 1 is 1.16 bits per heavy atom. The van der Waals surface area contributed by atoms with Crippen LogP contribution in [0, 0.1) is 0 Å². The van der Waals surface area contributed by atoms with Crippen molar-refractivity contribution in [2.45, 2.75) is 57.2 Å². The molecule has 1 unspecified atom stereocenters. The van der Waals surface area contributed by atoms with Gasteiger partial charge in [0.1, 0.15) is 28.4 Å². The van der Waals surface area contributed by atoms with E-state index in [0.29, 0.717) is 23.6 Å². The van der Waals surface area contributed by atoms with Crippen LogP contribution < -0.4 is 15.2 Å². The van der Waals surface area contributed by atoms with Gasteiger partial charge < -0.3 is 14.7 Å². The molecule has 1 atom stereocenters. The van der Waals surface area contributed by atoms with E-state index in [1.165, 1.54) is 4.68 Å². The molecule has 0 radical (unpaired) electrons. The molecule has 3 heterocycles. The van der Waals surface area contributed by atoms with Crippen molar-refractivity contribution in [1.82, 2.24) is 20.0 Å². The summed E-state index contributed by atoms with van der Waals surface area (Å²) >= 11 is 0. The number of β-amino-alcohol motifs (C(OH)–C–C–N with tert-alkyl or cyclic N) is 1. The van der Waals surface area contributed by atoms with E-state index in [-0.39, 0.29) is 11.2 Å². The van der Waals surface area contributed by atoms with Crippen LogP contribution in [0.2, 0.25) is 0 Å². The number of hydrogen-bond acceptors (Lipinski definition) is 6. The number of nitrogens with zero attached hydrogens (tertiary/aromatic N) is 4. The van der Waals surface area contributed by atoms with Gasteiger partial charge in [-0.3, -0.25) is 9.89 Å². The molecule has 2 fully saturated rings. The molecule has 0 spiro atoms. The molecule has 8 nitrogen and oxygen atoms in total. The number of aliphatic hydroxyl groups is 1. The molecule has 3 aromatic rings. The fourth-order valence-electron chi connectivity index (χ4n) is 4.33. The van der Waals surface area contributed by atoms with Crippen molar-refractivity contribution in [1.29, 1.82) is 0 Å². The predicted octanol–water partition coefficient (Wildman–Crippen LogP) is 3.00. The summed E-state index contributed by atoms with van der Waals surface area (Å²) in [4.78, 5) is 14.9. The maximum Gasteiger partial charge on any atom is 0.290 e. The molecule has 1 aliphatic heterocycles. The Bertz CT molecular complexity index is 1190. The van der Waals surface area contributed by atoms with Crippen LogP contribution in [-0.4, -0.2) is 49.4 Å². The number of anilines is 1. The molecule has 1 saturated carbocycles. The molecule has 0 bridgehead atoms. The van der Waals surface area contributed by atoms with Gasteiger partial charge in [-0.25, -0.2) is 4.68 Å². The topological polar surface area (TPSA) is 96.3 Å². The normalized spacial score (nSPS) is 23.0. The number of benzene rings is 1. The van der Waals surface area contributed by atoms with E-state index >= 15 is 0 Å². The van der Waals surface area contributed by atoms with Gasteiger partial charge in [-0.05, 0) is 70.2 Å². The van der Waals surface area contributed by atoms with E-state index in [1.54, 1.807) is 13.1 Å². The third kappa shape index (κ3) is 3.92. The van der Waals surface area contributed by atoms with E-state index in [2.05, 4.69) is 22.2 Å². The first-order chi connectivity index (χ1) is 14.7. The van der Waals surface area contributed by atoms with Gasteiger partial charge in [0.15, 0.2) is 0 Å². The fraction of sp³-hybridized carbons (Fsp3) is 0.522. The summed E-state index contributed by atoms with van der Waals surface area (Å²) in [5, 5.41) is 23.6. The van der Waals surface area contributed by atoms with Crippen molar-refractivity contribution in [3.63, 3.8) is 0 Å². The van der Waals surface area contributed by atoms with Crippen molar-refractivity contribution < 1.29 is 9.84 Å². The third-order valence-electron chi connectivity index (χ3n) is 6.41. The van der Waals surface area contributed by atoms with Gasteiger partial charge in [0.2, 0.25) is 0 Å². The Labute approximate surface area is 180 Å². The van der Waals surface area contributed by atoms with Crippen LogP contribution in [0.4, 0.5) is 5.69 Å². The molecule has 1 aromatic carbocycles. The maximum atomic E-state index is 12.9. The van der Waals surface area contributed by atoms with Crippen molar-refractivity contribution >= 4 is 16.6 Å². The van der Waals surface area contributed by atoms with Crippen LogP contribution in [0.1, 0.15) is 46.0 Å². The van der Waals surface area contributed by atoms with Gasteiger partial charge in [0, 0.05) is 25.5 Å². The minimum absolute atomic E-state index is 0.0661. The lowest BCUT2D eigenvalue weighted by Gasteiger charge is -2.29. The van der Waals surface area contributed by atoms with Crippen LogP contribution in [0.25, 0.3) is 22.3 Å². The highest BCUT2D eigenvalue weighted by Crippen LogP contribution is 2.40. The van der Waals surface area contributed by atoms with E-state index in [1.807, 2.05) is 30.0 Å². The summed E-state index contributed by atoms with van der Waals surface area (Å²) in [7, 11) is 1.66. The minimum atomic E-state index is -0.824. The molecular formula is C23H29N5O3. The van der Waals surface area contributed by atoms with Gasteiger partial charge in [0.05, 0.1) is 11.1 Å². The minimum Gasteiger partial charge on any atom is -0.488 e. The van der Waals surface area contributed by atoms with E-state index in [0.717, 1.165) is 55.3 Å². The molecule has 31 heavy (non-hydrogen) atoms. The summed E-state index contributed by atoms with van der Waals surface area (Å²) in [5.74, 6) is 0.809. The summed E-state index contributed by atoms with van der Waals surface area (Å²) in [6.45, 7) is 5.10. The lowest BCUT2D eigenvalue weighted by Crippen LogP contribution is -2.42. The first-order valence-electron chi connectivity index (χ1n) is 11.0. The van der Waals surface area contributed by atoms with Crippen LogP contribution in [0.3, 0.4) is 0 Å². The second-order valence-corrected chi connectivity index (χ2v) is 9.55. The molecule has 5 rings (SSSR count). The van der Waals surface area contributed by atoms with Gasteiger partial charge in [-0.1, -0.05) is 0 Å². The van der Waals surface area contributed by atoms with Crippen molar-refractivity contribution in [3.05, 3.63) is 34.6 Å². The SMILES string of the molecule is Cn1nc(-c2n[nH]c3ccc(OC4(C)CC4)cc23)cc(N2CCCCC(C)(O)C2)c1=O. The Morgan fingerprint density at radius 3 is 2.74 bits per heavy atom. The lowest BCUT2D eigenvalue weighted by atomic mass is 10.0. The highest BCUT2D eigenvalue weighted by Gasteiger charge is 2.40. The number of aryl methyl sites for hydroxylation is 1. The summed E-state index contributed by atoms with van der Waals surface area (Å²) in [6, 6.07) is 7.70. The summed E-state index contributed by atoms with van der Waals surface area (Å²) in [5.41, 5.74) is 1.66. The highest BCUT2D eigenvalue weighted by molar-refractivity contribution is 5.93. The van der Waals surface area contributed by atoms with Crippen LogP contribution in [0.15, 0.2) is 29.1 Å². The van der Waals surface area contributed by atoms with Crippen molar-refractivity contribution in [2.75, 3.05) is 18.0 Å². The van der Waals surface area contributed by atoms with Gasteiger partial charge in [-0.15, -0.1) is 0 Å². The fourth-order valence-corrected chi connectivity index (χ4v) is 4.33. The monoisotopic (exact) mass is 423 g/mol. The lowest BCUT2D eigenvalue weighted by molar-refractivity contribution is 0.0612. The zero-order valence-electron chi connectivity index (χ0n) is 18.3. The molecule has 2 aromatic heterocycles. The largest absolute Gasteiger partial charge is 0.488 e. The number of aromatic amines is 1. The smallest absolute Gasteiger partial charge is 0.290 e. The van der Waals surface area contributed by atoms with Crippen molar-refractivity contribution in [2.24, 2.45) is 7.05 Å². The second kappa shape index (κ2) is 7.09. The van der Waals surface area contributed by atoms with Crippen LogP contribution in [0.5, 0.6) is 5.75 Å². The summed E-state index contributed by atoms with van der Waals surface area (Å²) < 4.78 is 7.48. The standard InChI is InChI=1S/C23H29N5O3/c1-22(30)8-4-5-11-28(14-22)19-13-18(26-27(3)21(19)29)20-16-12-15(31-23(2)9-10-23)6-7-17(16)24-25-20/h6-7,12-13,30H,4-5,8-11,14H2,1-3H3,(H,24,25). The number of fused-ring (bicyclic) bond motifs is 1. The molecule has 2 N–H and O–H groups in total. The first-order valence-corrected chi connectivity index (χ1v) is 11.0. The zero-order chi connectivity index (χ0) is 21.8. The average molecular weight is 424 g/mol. The Kier molecular flexibility index (Phi) is 4.58. The zero-order valence-corrected chi connectivity index (χ0v) is 18.3. The number of aromatic nitrogens is 4.